The molecule has 1 aromatic carbocycles. The number of thiophene rings is 1. The number of amides is 1. The lowest BCUT2D eigenvalue weighted by Gasteiger charge is -2.31. The Hall–Kier alpha value is -1.85. The van der Waals surface area contributed by atoms with Crippen molar-refractivity contribution >= 4 is 17.2 Å². The summed E-state index contributed by atoms with van der Waals surface area (Å²) in [5.41, 5.74) is 1.10. The van der Waals surface area contributed by atoms with Crippen LogP contribution in [0.4, 0.5) is 0 Å². The van der Waals surface area contributed by atoms with Gasteiger partial charge in [0.15, 0.2) is 0 Å². The first-order valence-electron chi connectivity index (χ1n) is 7.92. The van der Waals surface area contributed by atoms with Crippen LogP contribution in [0.2, 0.25) is 0 Å². The second-order valence-corrected chi connectivity index (χ2v) is 6.59. The third-order valence-corrected chi connectivity index (χ3v) is 4.93. The molecule has 1 fully saturated rings. The van der Waals surface area contributed by atoms with E-state index in [0.29, 0.717) is 36.9 Å². The number of ether oxygens (including phenoxy) is 2. The fraction of sp³-hybridized carbons (Fsp3) is 0.389. The minimum atomic E-state index is 0.0378. The monoisotopic (exact) mass is 331 g/mol. The summed E-state index contributed by atoms with van der Waals surface area (Å²) in [6.07, 6.45) is 0.0804. The van der Waals surface area contributed by atoms with Crippen LogP contribution in [0.25, 0.3) is 10.4 Å². The van der Waals surface area contributed by atoms with E-state index in [0.717, 1.165) is 10.4 Å². The molecular formula is C18H21NO3S. The van der Waals surface area contributed by atoms with Gasteiger partial charge in [-0.25, -0.2) is 0 Å². The fourth-order valence-electron chi connectivity index (χ4n) is 2.68. The molecule has 1 aliphatic heterocycles. The van der Waals surface area contributed by atoms with Crippen LogP contribution in [0, 0.1) is 0 Å². The molecule has 0 aliphatic carbocycles. The molecule has 1 amide bonds. The number of hydrogen-bond donors (Lipinski definition) is 0. The van der Waals surface area contributed by atoms with Gasteiger partial charge in [-0.2, -0.15) is 0 Å². The van der Waals surface area contributed by atoms with Gasteiger partial charge in [0.05, 0.1) is 19.3 Å². The quantitative estimate of drug-likeness (QED) is 0.858. The van der Waals surface area contributed by atoms with Crippen LogP contribution < -0.4 is 4.74 Å². The van der Waals surface area contributed by atoms with E-state index in [1.807, 2.05) is 55.1 Å². The van der Waals surface area contributed by atoms with Crippen molar-refractivity contribution in [1.82, 2.24) is 4.90 Å². The van der Waals surface area contributed by atoms with Gasteiger partial charge < -0.3 is 14.4 Å². The van der Waals surface area contributed by atoms with Gasteiger partial charge in [-0.05, 0) is 25.5 Å². The molecule has 1 aliphatic rings. The summed E-state index contributed by atoms with van der Waals surface area (Å²) in [5.74, 6) is 0.719. The third kappa shape index (κ3) is 3.57. The van der Waals surface area contributed by atoms with Crippen LogP contribution in [0.15, 0.2) is 36.4 Å². The van der Waals surface area contributed by atoms with Gasteiger partial charge in [0, 0.05) is 18.0 Å². The number of carbonyl (C=O) groups excluding carboxylic acids is 1. The molecule has 0 spiro atoms. The number of rotatable bonds is 4. The van der Waals surface area contributed by atoms with Crippen molar-refractivity contribution in [2.45, 2.75) is 20.0 Å². The molecule has 0 saturated carbocycles. The summed E-state index contributed by atoms with van der Waals surface area (Å²) in [6, 6.07) is 12.1. The molecule has 23 heavy (non-hydrogen) atoms. The van der Waals surface area contributed by atoms with Gasteiger partial charge in [-0.15, -0.1) is 11.3 Å². The van der Waals surface area contributed by atoms with Gasteiger partial charge in [0.2, 0.25) is 0 Å². The maximum Gasteiger partial charge on any atom is 0.267 e. The molecule has 2 aromatic rings. The highest BCUT2D eigenvalue weighted by molar-refractivity contribution is 7.17. The van der Waals surface area contributed by atoms with Crippen molar-refractivity contribution in [3.05, 3.63) is 41.3 Å². The average Bonchev–Trinajstić information content (AvgIpc) is 2.99. The second kappa shape index (κ2) is 7.15. The summed E-state index contributed by atoms with van der Waals surface area (Å²) in [7, 11) is 0. The number of nitrogens with zero attached hydrogens (tertiary/aromatic N) is 1. The Morgan fingerprint density at radius 3 is 2.87 bits per heavy atom. The summed E-state index contributed by atoms with van der Waals surface area (Å²) < 4.78 is 11.2. The Bertz CT molecular complexity index is 668. The van der Waals surface area contributed by atoms with Crippen LogP contribution >= 0.6 is 11.3 Å². The SMILES string of the molecule is CCOc1cc(-c2ccccc2)sc1C(=O)N1CCOC(C)C1. The Labute approximate surface area is 140 Å². The molecule has 0 N–H and O–H groups in total. The first kappa shape index (κ1) is 16.0. The first-order valence-corrected chi connectivity index (χ1v) is 8.73. The number of benzene rings is 1. The van der Waals surface area contributed by atoms with Crippen LogP contribution in [0.5, 0.6) is 5.75 Å². The van der Waals surface area contributed by atoms with Crippen molar-refractivity contribution in [3.8, 4) is 16.2 Å². The van der Waals surface area contributed by atoms with E-state index in [9.17, 15) is 4.79 Å². The van der Waals surface area contributed by atoms with Gasteiger partial charge in [0.25, 0.3) is 5.91 Å². The molecule has 1 aromatic heterocycles. The molecule has 1 unspecified atom stereocenters. The Balaban J connectivity index is 1.90. The predicted molar refractivity (Wildman–Crippen MR) is 92.2 cm³/mol. The standard InChI is InChI=1S/C18H21NO3S/c1-3-21-15-11-16(14-7-5-4-6-8-14)23-17(15)18(20)19-9-10-22-13(2)12-19/h4-8,11,13H,3,9-10,12H2,1-2H3. The maximum atomic E-state index is 12.9. The normalized spacial score (nSPS) is 18.0. The van der Waals surface area contributed by atoms with E-state index in [2.05, 4.69) is 0 Å². The van der Waals surface area contributed by atoms with E-state index in [1.54, 1.807) is 0 Å². The lowest BCUT2D eigenvalue weighted by molar-refractivity contribution is -0.0123. The zero-order chi connectivity index (χ0) is 16.2. The van der Waals surface area contributed by atoms with Crippen molar-refractivity contribution < 1.29 is 14.3 Å². The van der Waals surface area contributed by atoms with Crippen molar-refractivity contribution in [2.75, 3.05) is 26.3 Å². The first-order chi connectivity index (χ1) is 11.2. The molecule has 4 nitrogen and oxygen atoms in total. The minimum Gasteiger partial charge on any atom is -0.492 e. The van der Waals surface area contributed by atoms with Crippen molar-refractivity contribution in [1.29, 1.82) is 0 Å². The zero-order valence-corrected chi connectivity index (χ0v) is 14.3. The topological polar surface area (TPSA) is 38.8 Å². The molecule has 0 bridgehead atoms. The summed E-state index contributed by atoms with van der Waals surface area (Å²) in [5, 5.41) is 0. The van der Waals surface area contributed by atoms with Gasteiger partial charge >= 0.3 is 0 Å². The lowest BCUT2D eigenvalue weighted by atomic mass is 10.2. The lowest BCUT2D eigenvalue weighted by Crippen LogP contribution is -2.44. The molecule has 3 rings (SSSR count). The van der Waals surface area contributed by atoms with Gasteiger partial charge in [-0.1, -0.05) is 30.3 Å². The van der Waals surface area contributed by atoms with Crippen LogP contribution in [0.1, 0.15) is 23.5 Å². The number of carbonyl (C=O) groups is 1. The summed E-state index contributed by atoms with van der Waals surface area (Å²) in [6.45, 7) is 6.33. The van der Waals surface area contributed by atoms with E-state index in [4.69, 9.17) is 9.47 Å². The molecular weight excluding hydrogens is 310 g/mol. The van der Waals surface area contributed by atoms with Crippen LogP contribution in [0.3, 0.4) is 0 Å². The third-order valence-electron chi connectivity index (χ3n) is 3.78. The van der Waals surface area contributed by atoms with Crippen molar-refractivity contribution in [2.24, 2.45) is 0 Å². The Morgan fingerprint density at radius 2 is 2.17 bits per heavy atom. The molecule has 122 valence electrons. The predicted octanol–water partition coefficient (Wildman–Crippen LogP) is 3.67. The Morgan fingerprint density at radius 1 is 1.39 bits per heavy atom. The average molecular weight is 331 g/mol. The largest absolute Gasteiger partial charge is 0.492 e. The summed E-state index contributed by atoms with van der Waals surface area (Å²) in [4.78, 5) is 16.5. The highest BCUT2D eigenvalue weighted by Gasteiger charge is 2.27. The van der Waals surface area contributed by atoms with Crippen molar-refractivity contribution in [3.63, 3.8) is 0 Å². The van der Waals surface area contributed by atoms with E-state index >= 15 is 0 Å². The second-order valence-electron chi connectivity index (χ2n) is 5.54. The maximum absolute atomic E-state index is 12.9. The highest BCUT2D eigenvalue weighted by atomic mass is 32.1. The summed E-state index contributed by atoms with van der Waals surface area (Å²) >= 11 is 1.50. The van der Waals surface area contributed by atoms with E-state index in [-0.39, 0.29) is 12.0 Å². The molecule has 5 heteroatoms. The number of hydrogen-bond acceptors (Lipinski definition) is 4. The number of morpholine rings is 1. The molecule has 1 saturated heterocycles. The highest BCUT2D eigenvalue weighted by Crippen LogP contribution is 2.37. The van der Waals surface area contributed by atoms with Crippen LogP contribution in [-0.4, -0.2) is 43.2 Å². The van der Waals surface area contributed by atoms with Gasteiger partial charge in [0.1, 0.15) is 10.6 Å². The fourth-order valence-corrected chi connectivity index (χ4v) is 3.75. The minimum absolute atomic E-state index is 0.0378. The molecule has 1 atom stereocenters. The smallest absolute Gasteiger partial charge is 0.267 e. The Kier molecular flexibility index (Phi) is 4.98. The van der Waals surface area contributed by atoms with E-state index < -0.39 is 0 Å². The van der Waals surface area contributed by atoms with Crippen LogP contribution in [-0.2, 0) is 4.74 Å². The van der Waals surface area contributed by atoms with E-state index in [1.165, 1.54) is 11.3 Å². The van der Waals surface area contributed by atoms with Gasteiger partial charge in [-0.3, -0.25) is 4.79 Å². The molecule has 2 heterocycles. The molecule has 0 radical (unpaired) electrons. The zero-order valence-electron chi connectivity index (χ0n) is 13.5.